The highest BCUT2D eigenvalue weighted by Gasteiger charge is 2.28. The molecule has 0 aliphatic heterocycles. The minimum absolute atomic E-state index is 0.0111. The number of primary amides is 1. The predicted molar refractivity (Wildman–Crippen MR) is 132 cm³/mol. The number of benzene rings is 1. The Kier molecular flexibility index (Phi) is 10.4. The van der Waals surface area contributed by atoms with Gasteiger partial charge in [0, 0.05) is 29.9 Å². The largest absolute Gasteiger partial charge is 0.480 e. The third-order valence-electron chi connectivity index (χ3n) is 5.99. The van der Waals surface area contributed by atoms with Crippen LogP contribution in [0.3, 0.4) is 0 Å². The molecule has 12 heteroatoms. The number of aromatic amines is 1. The van der Waals surface area contributed by atoms with E-state index in [1.165, 1.54) is 0 Å². The van der Waals surface area contributed by atoms with Crippen LogP contribution in [0.15, 0.2) is 30.5 Å². The molecule has 0 radical (unpaired) electrons. The summed E-state index contributed by atoms with van der Waals surface area (Å²) in [5, 5.41) is 17.7. The molecule has 2 aromatic rings. The van der Waals surface area contributed by atoms with E-state index in [1.807, 2.05) is 24.3 Å². The van der Waals surface area contributed by atoms with E-state index in [4.69, 9.17) is 11.5 Å². The van der Waals surface area contributed by atoms with E-state index in [9.17, 15) is 29.1 Å². The maximum absolute atomic E-state index is 13.0. The minimum atomic E-state index is -1.17. The number of nitrogens with two attached hydrogens (primary N) is 2. The van der Waals surface area contributed by atoms with Gasteiger partial charge in [-0.1, -0.05) is 38.5 Å². The van der Waals surface area contributed by atoms with Gasteiger partial charge in [0.1, 0.15) is 12.1 Å². The molecule has 12 nitrogen and oxygen atoms in total. The molecule has 2 rings (SSSR count). The highest BCUT2D eigenvalue weighted by Crippen LogP contribution is 2.19. The van der Waals surface area contributed by atoms with Crippen LogP contribution < -0.4 is 27.4 Å². The second-order valence-electron chi connectivity index (χ2n) is 8.72. The molecule has 196 valence electrons. The summed E-state index contributed by atoms with van der Waals surface area (Å²) in [4.78, 5) is 63.5. The number of carboxylic acid groups (broad SMARTS) is 1. The Morgan fingerprint density at radius 3 is 2.42 bits per heavy atom. The second kappa shape index (κ2) is 13.2. The number of carboxylic acids is 1. The molecule has 4 amide bonds. The van der Waals surface area contributed by atoms with Gasteiger partial charge in [-0.25, -0.2) is 4.79 Å². The Bertz CT molecular complexity index is 1100. The highest BCUT2D eigenvalue weighted by atomic mass is 16.4. The number of nitrogens with one attached hydrogen (secondary N) is 4. The zero-order chi connectivity index (χ0) is 26.8. The lowest BCUT2D eigenvalue weighted by Crippen LogP contribution is -2.54. The van der Waals surface area contributed by atoms with E-state index in [1.54, 1.807) is 20.0 Å². The average Bonchev–Trinajstić information content (AvgIpc) is 3.25. The van der Waals surface area contributed by atoms with Gasteiger partial charge in [-0.15, -0.1) is 0 Å². The molecule has 0 bridgehead atoms. The molecule has 1 heterocycles. The van der Waals surface area contributed by atoms with Crippen LogP contribution in [-0.2, 0) is 30.4 Å². The van der Waals surface area contributed by atoms with E-state index in [2.05, 4.69) is 20.9 Å². The molecule has 0 aliphatic carbocycles. The summed E-state index contributed by atoms with van der Waals surface area (Å²) in [7, 11) is 0. The van der Waals surface area contributed by atoms with E-state index in [0.717, 1.165) is 16.5 Å². The fourth-order valence-electron chi connectivity index (χ4n) is 3.64. The Balaban J connectivity index is 2.12. The van der Waals surface area contributed by atoms with Crippen LogP contribution in [0.1, 0.15) is 38.7 Å². The Hall–Kier alpha value is -3.93. The van der Waals surface area contributed by atoms with Crippen LogP contribution in [0.4, 0.5) is 0 Å². The molecule has 36 heavy (non-hydrogen) atoms. The van der Waals surface area contributed by atoms with Gasteiger partial charge in [0.2, 0.25) is 23.6 Å². The molecule has 4 unspecified atom stereocenters. The number of H-pyrrole nitrogens is 1. The first-order valence-corrected chi connectivity index (χ1v) is 11.7. The molecule has 0 saturated heterocycles. The number of hydrogen-bond acceptors (Lipinski definition) is 6. The minimum Gasteiger partial charge on any atom is -0.480 e. The maximum atomic E-state index is 13.0. The van der Waals surface area contributed by atoms with Gasteiger partial charge in [-0.05, 0) is 24.0 Å². The van der Waals surface area contributed by atoms with Crippen LogP contribution in [0.25, 0.3) is 10.9 Å². The van der Waals surface area contributed by atoms with Crippen molar-refractivity contribution in [2.45, 2.75) is 57.7 Å². The molecule has 0 fully saturated rings. The second-order valence-corrected chi connectivity index (χ2v) is 8.72. The number of fused-ring (bicyclic) bond motifs is 1. The Morgan fingerprint density at radius 2 is 1.78 bits per heavy atom. The van der Waals surface area contributed by atoms with E-state index in [0.29, 0.717) is 6.42 Å². The maximum Gasteiger partial charge on any atom is 0.326 e. The molecule has 0 spiro atoms. The van der Waals surface area contributed by atoms with Gasteiger partial charge in [-0.3, -0.25) is 19.2 Å². The van der Waals surface area contributed by atoms with Crippen molar-refractivity contribution in [3.05, 3.63) is 36.0 Å². The van der Waals surface area contributed by atoms with Gasteiger partial charge in [0.25, 0.3) is 0 Å². The van der Waals surface area contributed by atoms with Crippen molar-refractivity contribution in [3.8, 4) is 0 Å². The molecule has 4 atom stereocenters. The molecular formula is C24H34N6O6. The lowest BCUT2D eigenvalue weighted by atomic mass is 9.99. The zero-order valence-corrected chi connectivity index (χ0v) is 20.4. The van der Waals surface area contributed by atoms with Crippen molar-refractivity contribution >= 4 is 40.5 Å². The summed E-state index contributed by atoms with van der Waals surface area (Å²) in [6.07, 6.45) is 2.28. The fourth-order valence-corrected chi connectivity index (χ4v) is 3.64. The van der Waals surface area contributed by atoms with Crippen molar-refractivity contribution < 1.29 is 29.1 Å². The predicted octanol–water partition coefficient (Wildman–Crippen LogP) is -0.480. The summed E-state index contributed by atoms with van der Waals surface area (Å²) in [6, 6.07) is 4.18. The van der Waals surface area contributed by atoms with Gasteiger partial charge in [0.05, 0.1) is 12.6 Å². The van der Waals surface area contributed by atoms with Gasteiger partial charge in [-0.2, -0.15) is 0 Å². The quantitative estimate of drug-likeness (QED) is 0.180. The summed E-state index contributed by atoms with van der Waals surface area (Å²) in [6.45, 7) is 3.03. The first-order valence-electron chi connectivity index (χ1n) is 11.7. The van der Waals surface area contributed by atoms with Gasteiger partial charge in [0.15, 0.2) is 0 Å². The summed E-state index contributed by atoms with van der Waals surface area (Å²) in [5.41, 5.74) is 12.6. The Morgan fingerprint density at radius 1 is 1.08 bits per heavy atom. The van der Waals surface area contributed by atoms with Crippen LogP contribution in [0.5, 0.6) is 0 Å². The third kappa shape index (κ3) is 8.08. The van der Waals surface area contributed by atoms with E-state index >= 15 is 0 Å². The van der Waals surface area contributed by atoms with Gasteiger partial charge < -0.3 is 37.5 Å². The molecule has 9 N–H and O–H groups in total. The number of rotatable bonds is 14. The first-order chi connectivity index (χ1) is 17.0. The van der Waals surface area contributed by atoms with Crippen molar-refractivity contribution in [2.75, 3.05) is 6.54 Å². The van der Waals surface area contributed by atoms with Gasteiger partial charge >= 0.3 is 5.97 Å². The average molecular weight is 503 g/mol. The van der Waals surface area contributed by atoms with Crippen molar-refractivity contribution in [1.29, 1.82) is 0 Å². The lowest BCUT2D eigenvalue weighted by Gasteiger charge is -2.22. The third-order valence-corrected chi connectivity index (χ3v) is 5.99. The molecular weight excluding hydrogens is 468 g/mol. The molecule has 1 aromatic carbocycles. The van der Waals surface area contributed by atoms with Crippen molar-refractivity contribution in [1.82, 2.24) is 20.9 Å². The van der Waals surface area contributed by atoms with Crippen LogP contribution in [0, 0.1) is 5.92 Å². The highest BCUT2D eigenvalue weighted by molar-refractivity contribution is 5.93. The van der Waals surface area contributed by atoms with Crippen LogP contribution >= 0.6 is 0 Å². The number of amides is 4. The molecule has 0 saturated carbocycles. The number of para-hydroxylation sites is 1. The van der Waals surface area contributed by atoms with E-state index < -0.39 is 54.3 Å². The van der Waals surface area contributed by atoms with E-state index in [-0.39, 0.29) is 25.2 Å². The zero-order valence-electron chi connectivity index (χ0n) is 20.4. The summed E-state index contributed by atoms with van der Waals surface area (Å²) < 4.78 is 0. The van der Waals surface area contributed by atoms with Crippen molar-refractivity contribution in [2.24, 2.45) is 17.4 Å². The summed E-state index contributed by atoms with van der Waals surface area (Å²) in [5.74, 6) is -4.05. The Labute approximate surface area is 208 Å². The first kappa shape index (κ1) is 28.3. The molecule has 0 aliphatic rings. The number of aliphatic carboxylic acids is 1. The smallest absolute Gasteiger partial charge is 0.326 e. The van der Waals surface area contributed by atoms with Crippen molar-refractivity contribution in [3.63, 3.8) is 0 Å². The number of aromatic nitrogens is 1. The molecule has 1 aromatic heterocycles. The monoisotopic (exact) mass is 502 g/mol. The topological polar surface area (TPSA) is 210 Å². The number of hydrogen-bond donors (Lipinski definition) is 7. The number of carbonyl (C=O) groups excluding carboxylic acids is 4. The van der Waals surface area contributed by atoms with Crippen LogP contribution in [-0.4, -0.2) is 64.4 Å². The lowest BCUT2D eigenvalue weighted by molar-refractivity contribution is -0.143. The SMILES string of the molecule is CCC(C)C(NC(=O)CNC(=O)C(Cc1c[nH]c2ccccc12)NC(=O)C(N)CCC(N)=O)C(=O)O. The normalized spacial score (nSPS) is 14.3. The fraction of sp³-hybridized carbons (Fsp3) is 0.458. The summed E-state index contributed by atoms with van der Waals surface area (Å²) >= 11 is 0. The number of carbonyl (C=O) groups is 5. The van der Waals surface area contributed by atoms with Crippen LogP contribution in [0.2, 0.25) is 0 Å². The standard InChI is InChI=1S/C24H34N6O6/c1-3-13(2)21(24(35)36)30-20(32)12-28-23(34)18(29-22(33)16(25)8-9-19(26)31)10-14-11-27-17-7-5-4-6-15(14)17/h4-7,11,13,16,18,21,27H,3,8-10,12,25H2,1-2H3,(H2,26,31)(H,28,34)(H,29,33)(H,30,32)(H,35,36).